The standard InChI is InChI=1S/C18H19FN2O2/c19-16-5-1-14(2-6-16)12-23-17-7-3-13(4-8-17)9-21-10-15(11-21)18(20)22/h1-8,15H,9-12H2,(H2,20,22). The van der Waals surface area contributed by atoms with Gasteiger partial charge in [0, 0.05) is 19.6 Å². The van der Waals surface area contributed by atoms with Crippen LogP contribution in [0.3, 0.4) is 0 Å². The molecule has 0 aliphatic carbocycles. The SMILES string of the molecule is NC(=O)C1CN(Cc2ccc(OCc3ccc(F)cc3)cc2)C1. The molecule has 0 unspecified atom stereocenters. The number of carbonyl (C=O) groups excluding carboxylic acids is 1. The van der Waals surface area contributed by atoms with Crippen LogP contribution < -0.4 is 10.5 Å². The van der Waals surface area contributed by atoms with Gasteiger partial charge in [0.25, 0.3) is 0 Å². The molecule has 1 fully saturated rings. The van der Waals surface area contributed by atoms with Crippen LogP contribution in [0.5, 0.6) is 5.75 Å². The van der Waals surface area contributed by atoms with Gasteiger partial charge >= 0.3 is 0 Å². The molecule has 0 atom stereocenters. The summed E-state index contributed by atoms with van der Waals surface area (Å²) in [5, 5.41) is 0. The zero-order valence-corrected chi connectivity index (χ0v) is 12.7. The van der Waals surface area contributed by atoms with Crippen molar-refractivity contribution in [3.63, 3.8) is 0 Å². The highest BCUT2D eigenvalue weighted by atomic mass is 19.1. The predicted molar refractivity (Wildman–Crippen MR) is 85.1 cm³/mol. The van der Waals surface area contributed by atoms with Crippen molar-refractivity contribution in [2.45, 2.75) is 13.2 Å². The van der Waals surface area contributed by atoms with E-state index in [0.717, 1.165) is 30.9 Å². The third kappa shape index (κ3) is 4.07. The Kier molecular flexibility index (Phi) is 4.57. The lowest BCUT2D eigenvalue weighted by Gasteiger charge is -2.37. The van der Waals surface area contributed by atoms with E-state index in [0.29, 0.717) is 6.61 Å². The molecule has 0 aromatic heterocycles. The van der Waals surface area contributed by atoms with Crippen molar-refractivity contribution in [2.24, 2.45) is 11.7 Å². The number of primary amides is 1. The Morgan fingerprint density at radius 3 is 2.30 bits per heavy atom. The van der Waals surface area contributed by atoms with Crippen LogP contribution in [-0.4, -0.2) is 23.9 Å². The molecule has 1 amide bonds. The number of hydrogen-bond acceptors (Lipinski definition) is 3. The first kappa shape index (κ1) is 15.5. The minimum atomic E-state index is -0.248. The molecular weight excluding hydrogens is 295 g/mol. The van der Waals surface area contributed by atoms with Gasteiger partial charge in [-0.05, 0) is 35.4 Å². The zero-order chi connectivity index (χ0) is 16.2. The molecule has 0 radical (unpaired) electrons. The van der Waals surface area contributed by atoms with Crippen LogP contribution in [0.15, 0.2) is 48.5 Å². The number of benzene rings is 2. The largest absolute Gasteiger partial charge is 0.489 e. The van der Waals surface area contributed by atoms with E-state index in [2.05, 4.69) is 4.90 Å². The molecule has 4 nitrogen and oxygen atoms in total. The molecule has 1 aliphatic heterocycles. The van der Waals surface area contributed by atoms with E-state index in [1.807, 2.05) is 24.3 Å². The number of likely N-dealkylation sites (tertiary alicyclic amines) is 1. The summed E-state index contributed by atoms with van der Waals surface area (Å²) in [5.41, 5.74) is 7.35. The summed E-state index contributed by atoms with van der Waals surface area (Å²) in [7, 11) is 0. The summed E-state index contributed by atoms with van der Waals surface area (Å²) in [6.45, 7) is 2.68. The lowest BCUT2D eigenvalue weighted by Crippen LogP contribution is -2.51. The van der Waals surface area contributed by atoms with Crippen molar-refractivity contribution < 1.29 is 13.9 Å². The maximum Gasteiger partial charge on any atom is 0.223 e. The maximum atomic E-state index is 12.8. The topological polar surface area (TPSA) is 55.6 Å². The molecule has 2 N–H and O–H groups in total. The molecule has 5 heteroatoms. The minimum Gasteiger partial charge on any atom is -0.489 e. The predicted octanol–water partition coefficient (Wildman–Crippen LogP) is 2.32. The number of nitrogens with zero attached hydrogens (tertiary/aromatic N) is 1. The van der Waals surface area contributed by atoms with Crippen molar-refractivity contribution in [1.29, 1.82) is 0 Å². The number of hydrogen-bond donors (Lipinski definition) is 1. The summed E-state index contributed by atoms with van der Waals surface area (Å²) >= 11 is 0. The first-order valence-corrected chi connectivity index (χ1v) is 7.58. The van der Waals surface area contributed by atoms with Crippen LogP contribution >= 0.6 is 0 Å². The quantitative estimate of drug-likeness (QED) is 0.890. The van der Waals surface area contributed by atoms with Gasteiger partial charge in [0.05, 0.1) is 5.92 Å². The smallest absolute Gasteiger partial charge is 0.223 e. The number of halogens is 1. The molecule has 2 aromatic carbocycles. The van der Waals surface area contributed by atoms with E-state index in [4.69, 9.17) is 10.5 Å². The highest BCUT2D eigenvalue weighted by molar-refractivity contribution is 5.78. The highest BCUT2D eigenvalue weighted by Gasteiger charge is 2.30. The van der Waals surface area contributed by atoms with Gasteiger partial charge in [0.2, 0.25) is 5.91 Å². The number of carbonyl (C=O) groups is 1. The van der Waals surface area contributed by atoms with E-state index in [9.17, 15) is 9.18 Å². The van der Waals surface area contributed by atoms with E-state index < -0.39 is 0 Å². The van der Waals surface area contributed by atoms with Crippen molar-refractivity contribution in [2.75, 3.05) is 13.1 Å². The number of nitrogens with two attached hydrogens (primary N) is 1. The molecule has 0 saturated carbocycles. The van der Waals surface area contributed by atoms with Gasteiger partial charge in [-0.2, -0.15) is 0 Å². The van der Waals surface area contributed by atoms with Gasteiger partial charge in [-0.15, -0.1) is 0 Å². The van der Waals surface area contributed by atoms with E-state index in [1.54, 1.807) is 12.1 Å². The summed E-state index contributed by atoms with van der Waals surface area (Å²) < 4.78 is 18.5. The van der Waals surface area contributed by atoms with Crippen LogP contribution in [0.1, 0.15) is 11.1 Å². The summed E-state index contributed by atoms with van der Waals surface area (Å²) in [6.07, 6.45) is 0. The van der Waals surface area contributed by atoms with Gasteiger partial charge in [0.15, 0.2) is 0 Å². The second-order valence-electron chi connectivity index (χ2n) is 5.85. The summed E-state index contributed by atoms with van der Waals surface area (Å²) in [6, 6.07) is 14.1. The minimum absolute atomic E-state index is 0.00619. The molecule has 0 bridgehead atoms. The Balaban J connectivity index is 1.47. The van der Waals surface area contributed by atoms with Gasteiger partial charge in [0.1, 0.15) is 18.2 Å². The summed E-state index contributed by atoms with van der Waals surface area (Å²) in [5.74, 6) is 0.304. The molecule has 120 valence electrons. The molecule has 1 aliphatic rings. The van der Waals surface area contributed by atoms with Crippen molar-refractivity contribution in [3.8, 4) is 5.75 Å². The Bertz CT molecular complexity index is 664. The van der Waals surface area contributed by atoms with Crippen LogP contribution in [0.25, 0.3) is 0 Å². The molecule has 2 aromatic rings. The third-order valence-corrected chi connectivity index (χ3v) is 4.01. The lowest BCUT2D eigenvalue weighted by atomic mass is 9.99. The monoisotopic (exact) mass is 314 g/mol. The third-order valence-electron chi connectivity index (χ3n) is 4.01. The van der Waals surface area contributed by atoms with Crippen molar-refractivity contribution in [3.05, 3.63) is 65.5 Å². The van der Waals surface area contributed by atoms with Gasteiger partial charge in [-0.1, -0.05) is 24.3 Å². The first-order chi connectivity index (χ1) is 11.1. The first-order valence-electron chi connectivity index (χ1n) is 7.58. The zero-order valence-electron chi connectivity index (χ0n) is 12.7. The fourth-order valence-corrected chi connectivity index (χ4v) is 2.58. The second kappa shape index (κ2) is 6.79. The summed E-state index contributed by atoms with van der Waals surface area (Å²) in [4.78, 5) is 13.2. The van der Waals surface area contributed by atoms with Crippen LogP contribution in [-0.2, 0) is 17.9 Å². The number of ether oxygens (including phenoxy) is 1. The Hall–Kier alpha value is -2.40. The molecular formula is C18H19FN2O2. The normalized spacial score (nSPS) is 15.2. The molecule has 23 heavy (non-hydrogen) atoms. The Morgan fingerprint density at radius 1 is 1.09 bits per heavy atom. The molecule has 1 heterocycles. The maximum absolute atomic E-state index is 12.8. The van der Waals surface area contributed by atoms with Crippen molar-refractivity contribution in [1.82, 2.24) is 4.90 Å². The fraction of sp³-hybridized carbons (Fsp3) is 0.278. The average molecular weight is 314 g/mol. The lowest BCUT2D eigenvalue weighted by molar-refractivity contribution is -0.127. The Morgan fingerprint density at radius 2 is 1.70 bits per heavy atom. The fourth-order valence-electron chi connectivity index (χ4n) is 2.58. The number of amides is 1. The van der Waals surface area contributed by atoms with Gasteiger partial charge in [-0.25, -0.2) is 4.39 Å². The van der Waals surface area contributed by atoms with Gasteiger partial charge in [-0.3, -0.25) is 9.69 Å². The Labute approximate surface area is 134 Å². The van der Waals surface area contributed by atoms with Crippen LogP contribution in [0.4, 0.5) is 4.39 Å². The average Bonchev–Trinajstić information content (AvgIpc) is 2.51. The van der Waals surface area contributed by atoms with E-state index in [-0.39, 0.29) is 17.6 Å². The molecule has 1 saturated heterocycles. The number of rotatable bonds is 6. The van der Waals surface area contributed by atoms with Crippen LogP contribution in [0.2, 0.25) is 0 Å². The second-order valence-corrected chi connectivity index (χ2v) is 5.85. The molecule has 0 spiro atoms. The molecule has 3 rings (SSSR count). The van der Waals surface area contributed by atoms with E-state index in [1.165, 1.54) is 17.7 Å². The highest BCUT2D eigenvalue weighted by Crippen LogP contribution is 2.20. The van der Waals surface area contributed by atoms with Crippen molar-refractivity contribution >= 4 is 5.91 Å². The van der Waals surface area contributed by atoms with E-state index >= 15 is 0 Å². The van der Waals surface area contributed by atoms with Crippen LogP contribution in [0, 0.1) is 11.7 Å². The van der Waals surface area contributed by atoms with Gasteiger partial charge < -0.3 is 10.5 Å².